The van der Waals surface area contributed by atoms with E-state index in [0.717, 1.165) is 30.3 Å². The first kappa shape index (κ1) is 13.4. The SMILES string of the molecule is CCNC(CCN(C)C)CC1CC2CCC1C2. The topological polar surface area (TPSA) is 15.3 Å². The summed E-state index contributed by atoms with van der Waals surface area (Å²) < 4.78 is 0. The molecule has 2 fully saturated rings. The first-order chi connectivity index (χ1) is 8.19. The van der Waals surface area contributed by atoms with Crippen LogP contribution in [0.1, 0.15) is 45.4 Å². The molecule has 2 saturated carbocycles. The molecular weight excluding hydrogens is 208 g/mol. The Balaban J connectivity index is 1.76. The van der Waals surface area contributed by atoms with Crippen molar-refractivity contribution in [1.29, 1.82) is 0 Å². The Labute approximate surface area is 107 Å². The van der Waals surface area contributed by atoms with Crippen molar-refractivity contribution < 1.29 is 0 Å². The van der Waals surface area contributed by atoms with Crippen LogP contribution >= 0.6 is 0 Å². The summed E-state index contributed by atoms with van der Waals surface area (Å²) in [7, 11) is 4.36. The van der Waals surface area contributed by atoms with E-state index in [1.807, 2.05) is 0 Å². The lowest BCUT2D eigenvalue weighted by molar-refractivity contribution is 0.260. The predicted molar refractivity (Wildman–Crippen MR) is 74.2 cm³/mol. The second-order valence-corrected chi connectivity index (χ2v) is 6.52. The van der Waals surface area contributed by atoms with Crippen molar-refractivity contribution in [3.63, 3.8) is 0 Å². The summed E-state index contributed by atoms with van der Waals surface area (Å²) in [6.07, 6.45) is 8.90. The summed E-state index contributed by atoms with van der Waals surface area (Å²) in [6, 6.07) is 0.756. The Kier molecular flexibility index (Phi) is 4.87. The first-order valence-electron chi connectivity index (χ1n) is 7.57. The van der Waals surface area contributed by atoms with Crippen LogP contribution in [0.2, 0.25) is 0 Å². The molecule has 0 aromatic rings. The molecule has 2 aliphatic carbocycles. The minimum Gasteiger partial charge on any atom is -0.314 e. The van der Waals surface area contributed by atoms with Crippen LogP contribution < -0.4 is 5.32 Å². The zero-order valence-corrected chi connectivity index (χ0v) is 11.9. The van der Waals surface area contributed by atoms with Gasteiger partial charge in [-0.3, -0.25) is 0 Å². The molecule has 2 rings (SSSR count). The number of nitrogens with one attached hydrogen (secondary N) is 1. The van der Waals surface area contributed by atoms with E-state index in [1.165, 1.54) is 38.6 Å². The van der Waals surface area contributed by atoms with Gasteiger partial charge in [0.2, 0.25) is 0 Å². The maximum atomic E-state index is 3.70. The van der Waals surface area contributed by atoms with E-state index in [2.05, 4.69) is 31.2 Å². The molecule has 2 aliphatic rings. The third-order valence-corrected chi connectivity index (χ3v) is 4.89. The highest BCUT2D eigenvalue weighted by atomic mass is 15.1. The van der Waals surface area contributed by atoms with Crippen LogP contribution in [0.5, 0.6) is 0 Å². The lowest BCUT2D eigenvalue weighted by Crippen LogP contribution is -2.35. The standard InChI is InChI=1S/C15H30N2/c1-4-16-15(7-8-17(2)3)11-14-10-12-5-6-13(14)9-12/h12-16H,4-11H2,1-3H3. The summed E-state index contributed by atoms with van der Waals surface area (Å²) in [4.78, 5) is 2.31. The zero-order chi connectivity index (χ0) is 12.3. The normalized spacial score (nSPS) is 33.5. The van der Waals surface area contributed by atoms with Gasteiger partial charge in [-0.25, -0.2) is 0 Å². The summed E-state index contributed by atoms with van der Waals surface area (Å²) in [5, 5.41) is 3.70. The predicted octanol–water partition coefficient (Wildman–Crippen LogP) is 2.74. The average Bonchev–Trinajstić information content (AvgIpc) is 2.88. The van der Waals surface area contributed by atoms with Crippen molar-refractivity contribution in [1.82, 2.24) is 10.2 Å². The molecular formula is C15H30N2. The minimum atomic E-state index is 0.756. The molecule has 17 heavy (non-hydrogen) atoms. The van der Waals surface area contributed by atoms with Crippen LogP contribution in [-0.2, 0) is 0 Å². The monoisotopic (exact) mass is 238 g/mol. The van der Waals surface area contributed by atoms with E-state index >= 15 is 0 Å². The van der Waals surface area contributed by atoms with Crippen molar-refractivity contribution in [3.8, 4) is 0 Å². The molecule has 2 nitrogen and oxygen atoms in total. The molecule has 0 saturated heterocycles. The molecule has 2 heteroatoms. The van der Waals surface area contributed by atoms with Gasteiger partial charge in [0.15, 0.2) is 0 Å². The number of nitrogens with zero attached hydrogens (tertiary/aromatic N) is 1. The van der Waals surface area contributed by atoms with E-state index < -0.39 is 0 Å². The highest BCUT2D eigenvalue weighted by Crippen LogP contribution is 2.49. The average molecular weight is 238 g/mol. The third-order valence-electron chi connectivity index (χ3n) is 4.89. The number of hydrogen-bond acceptors (Lipinski definition) is 2. The fourth-order valence-electron chi connectivity index (χ4n) is 4.04. The molecule has 0 amide bonds. The van der Waals surface area contributed by atoms with Gasteiger partial charge in [0, 0.05) is 6.04 Å². The Bertz CT molecular complexity index is 227. The Morgan fingerprint density at radius 3 is 2.59 bits per heavy atom. The van der Waals surface area contributed by atoms with Crippen LogP contribution in [0.15, 0.2) is 0 Å². The van der Waals surface area contributed by atoms with Gasteiger partial charge in [0.05, 0.1) is 0 Å². The van der Waals surface area contributed by atoms with E-state index in [9.17, 15) is 0 Å². The van der Waals surface area contributed by atoms with E-state index in [0.29, 0.717) is 0 Å². The van der Waals surface area contributed by atoms with Gasteiger partial charge in [0.1, 0.15) is 0 Å². The molecule has 4 atom stereocenters. The lowest BCUT2D eigenvalue weighted by Gasteiger charge is -2.28. The zero-order valence-electron chi connectivity index (χ0n) is 11.9. The highest BCUT2D eigenvalue weighted by molar-refractivity contribution is 4.91. The van der Waals surface area contributed by atoms with Gasteiger partial charge in [-0.15, -0.1) is 0 Å². The molecule has 0 aromatic carbocycles. The second-order valence-electron chi connectivity index (χ2n) is 6.52. The Hall–Kier alpha value is -0.0800. The smallest absolute Gasteiger partial charge is 0.00818 e. The number of rotatable bonds is 7. The third kappa shape index (κ3) is 3.69. The summed E-state index contributed by atoms with van der Waals surface area (Å²) in [5.74, 6) is 3.22. The van der Waals surface area contributed by atoms with Crippen LogP contribution in [0, 0.1) is 17.8 Å². The number of hydrogen-bond donors (Lipinski definition) is 1. The second kappa shape index (κ2) is 6.19. The van der Waals surface area contributed by atoms with Crippen molar-refractivity contribution in [2.75, 3.05) is 27.2 Å². The maximum Gasteiger partial charge on any atom is 0.00818 e. The van der Waals surface area contributed by atoms with Crippen molar-refractivity contribution in [2.24, 2.45) is 17.8 Å². The fourth-order valence-corrected chi connectivity index (χ4v) is 4.04. The van der Waals surface area contributed by atoms with Crippen molar-refractivity contribution in [3.05, 3.63) is 0 Å². The summed E-state index contributed by atoms with van der Waals surface area (Å²) >= 11 is 0. The Morgan fingerprint density at radius 1 is 1.24 bits per heavy atom. The van der Waals surface area contributed by atoms with Crippen LogP contribution in [0.25, 0.3) is 0 Å². The van der Waals surface area contributed by atoms with Gasteiger partial charge in [-0.2, -0.15) is 0 Å². The molecule has 0 aliphatic heterocycles. The minimum absolute atomic E-state index is 0.756. The first-order valence-corrected chi connectivity index (χ1v) is 7.57. The van der Waals surface area contributed by atoms with Gasteiger partial charge >= 0.3 is 0 Å². The molecule has 0 spiro atoms. The lowest BCUT2D eigenvalue weighted by atomic mass is 9.83. The highest BCUT2D eigenvalue weighted by Gasteiger charge is 2.39. The maximum absolute atomic E-state index is 3.70. The van der Waals surface area contributed by atoms with Gasteiger partial charge in [-0.05, 0) is 77.0 Å². The van der Waals surface area contributed by atoms with E-state index in [-0.39, 0.29) is 0 Å². The molecule has 0 heterocycles. The summed E-state index contributed by atoms with van der Waals surface area (Å²) in [6.45, 7) is 4.58. The van der Waals surface area contributed by atoms with Gasteiger partial charge in [-0.1, -0.05) is 13.3 Å². The molecule has 2 bridgehead atoms. The van der Waals surface area contributed by atoms with Crippen LogP contribution in [0.3, 0.4) is 0 Å². The largest absolute Gasteiger partial charge is 0.314 e. The molecule has 1 N–H and O–H groups in total. The van der Waals surface area contributed by atoms with Crippen molar-refractivity contribution in [2.45, 2.75) is 51.5 Å². The van der Waals surface area contributed by atoms with Gasteiger partial charge in [0.25, 0.3) is 0 Å². The quantitative estimate of drug-likeness (QED) is 0.733. The van der Waals surface area contributed by atoms with Gasteiger partial charge < -0.3 is 10.2 Å². The molecule has 0 aromatic heterocycles. The van der Waals surface area contributed by atoms with Crippen LogP contribution in [-0.4, -0.2) is 38.1 Å². The van der Waals surface area contributed by atoms with Crippen LogP contribution in [0.4, 0.5) is 0 Å². The number of fused-ring (bicyclic) bond motifs is 2. The molecule has 4 unspecified atom stereocenters. The van der Waals surface area contributed by atoms with Crippen molar-refractivity contribution >= 4 is 0 Å². The Morgan fingerprint density at radius 2 is 2.06 bits per heavy atom. The molecule has 100 valence electrons. The van der Waals surface area contributed by atoms with E-state index in [1.54, 1.807) is 6.42 Å². The summed E-state index contributed by atoms with van der Waals surface area (Å²) in [5.41, 5.74) is 0. The molecule has 0 radical (unpaired) electrons. The van der Waals surface area contributed by atoms with E-state index in [4.69, 9.17) is 0 Å². The fraction of sp³-hybridized carbons (Fsp3) is 1.00.